The number of fused-ring (bicyclic) bond motifs is 2. The van der Waals surface area contributed by atoms with Crippen LogP contribution in [0.2, 0.25) is 0 Å². The fraction of sp³-hybridized carbons (Fsp3) is 0.200. The zero-order valence-corrected chi connectivity index (χ0v) is 16.9. The van der Waals surface area contributed by atoms with Gasteiger partial charge >= 0.3 is 0 Å². The first-order chi connectivity index (χ1) is 10.9. The molecule has 1 nitrogen and oxygen atoms in total. The van der Waals surface area contributed by atoms with Crippen molar-refractivity contribution in [1.29, 1.82) is 0 Å². The van der Waals surface area contributed by atoms with Crippen LogP contribution in [0.25, 0.3) is 12.2 Å². The van der Waals surface area contributed by atoms with E-state index in [0.717, 1.165) is 6.61 Å². The molecule has 0 aliphatic heterocycles. The van der Waals surface area contributed by atoms with Crippen molar-refractivity contribution >= 4 is 50.7 Å². The molecule has 0 aromatic heterocycles. The molecule has 111 valence electrons. The Morgan fingerprint density at radius 1 is 0.826 bits per heavy atom. The van der Waals surface area contributed by atoms with Crippen molar-refractivity contribution in [1.82, 2.24) is 0 Å². The molecule has 0 amide bonds. The van der Waals surface area contributed by atoms with E-state index in [4.69, 9.17) is 4.43 Å². The molecule has 0 saturated carbocycles. The van der Waals surface area contributed by atoms with Gasteiger partial charge in [0.15, 0.2) is 9.04 Å². The average molecular weight is 327 g/mol. The molecule has 23 heavy (non-hydrogen) atoms. The molecule has 2 atom stereocenters. The fourth-order valence-corrected chi connectivity index (χ4v) is 6.97. The Kier molecular flexibility index (Phi) is 5.40. The summed E-state index contributed by atoms with van der Waals surface area (Å²) in [5, 5.41) is 0. The summed E-state index contributed by atoms with van der Waals surface area (Å²) in [6.45, 7) is 2.92. The van der Waals surface area contributed by atoms with Crippen LogP contribution in [0.4, 0.5) is 0 Å². The van der Waals surface area contributed by atoms with Gasteiger partial charge in [0, 0.05) is 47.2 Å². The molecule has 2 aromatic rings. The molecular weight excluding hydrogens is 307 g/mol. The second-order valence-corrected chi connectivity index (χ2v) is 8.65. The van der Waals surface area contributed by atoms with Crippen molar-refractivity contribution < 1.29 is 4.43 Å². The minimum absolute atomic E-state index is 0. The minimum atomic E-state index is -1.49. The van der Waals surface area contributed by atoms with E-state index < -0.39 is 9.04 Å². The van der Waals surface area contributed by atoms with Crippen molar-refractivity contribution in [2.45, 2.75) is 18.0 Å². The third-order valence-electron chi connectivity index (χ3n) is 4.74. The van der Waals surface area contributed by atoms with Crippen LogP contribution in [-0.4, -0.2) is 45.2 Å². The van der Waals surface area contributed by atoms with Crippen LogP contribution >= 0.6 is 0 Å². The van der Waals surface area contributed by atoms with Crippen molar-refractivity contribution in [3.05, 3.63) is 82.9 Å². The summed E-state index contributed by atoms with van der Waals surface area (Å²) >= 11 is 0. The van der Waals surface area contributed by atoms with Crippen LogP contribution in [0.15, 0.2) is 60.7 Å². The number of allylic oxidation sites excluding steroid dienone is 2. The van der Waals surface area contributed by atoms with Gasteiger partial charge in [0.2, 0.25) is 0 Å². The number of hydrogen-bond donors (Lipinski definition) is 0. The molecule has 0 spiro atoms. The summed E-state index contributed by atoms with van der Waals surface area (Å²) in [4.78, 5) is 0. The number of rotatable bonds is 4. The van der Waals surface area contributed by atoms with Crippen molar-refractivity contribution in [2.75, 3.05) is 6.61 Å². The Hall–Kier alpha value is -0.903. The number of benzene rings is 2. The molecule has 2 aliphatic rings. The second kappa shape index (κ2) is 7.33. The standard InChI is InChI=1S/C20H20OSi.Na/c1-2-21-22(19-13-11-15-7-3-5-9-17(15)19)20-14-12-16-8-4-6-10-18(16)20;/h3-14,19-20,22H,2H2,1H3;. The Morgan fingerprint density at radius 3 is 1.78 bits per heavy atom. The molecule has 2 aliphatic carbocycles. The Morgan fingerprint density at radius 2 is 1.30 bits per heavy atom. The van der Waals surface area contributed by atoms with Gasteiger partial charge in [-0.1, -0.05) is 72.8 Å². The van der Waals surface area contributed by atoms with Gasteiger partial charge in [-0.05, 0) is 29.2 Å². The van der Waals surface area contributed by atoms with Crippen LogP contribution in [0.3, 0.4) is 0 Å². The molecule has 3 heteroatoms. The first kappa shape index (κ1) is 16.9. The van der Waals surface area contributed by atoms with Crippen LogP contribution < -0.4 is 0 Å². The van der Waals surface area contributed by atoms with Crippen molar-refractivity contribution in [2.24, 2.45) is 0 Å². The molecule has 0 saturated heterocycles. The van der Waals surface area contributed by atoms with E-state index in [1.165, 1.54) is 22.3 Å². The summed E-state index contributed by atoms with van der Waals surface area (Å²) in [7, 11) is -1.49. The van der Waals surface area contributed by atoms with Crippen molar-refractivity contribution in [3.8, 4) is 0 Å². The van der Waals surface area contributed by atoms with Gasteiger partial charge in [0.05, 0.1) is 0 Å². The van der Waals surface area contributed by atoms with Gasteiger partial charge in [0.25, 0.3) is 0 Å². The number of hydrogen-bond acceptors (Lipinski definition) is 1. The Labute approximate surface area is 162 Å². The second-order valence-electron chi connectivity index (χ2n) is 5.95. The molecule has 1 radical (unpaired) electrons. The normalized spacial score (nSPS) is 21.6. The van der Waals surface area contributed by atoms with Crippen LogP contribution in [0, 0.1) is 0 Å². The van der Waals surface area contributed by atoms with E-state index in [2.05, 4.69) is 79.8 Å². The van der Waals surface area contributed by atoms with Gasteiger partial charge in [-0.3, -0.25) is 0 Å². The van der Waals surface area contributed by atoms with E-state index in [-0.39, 0.29) is 29.6 Å². The van der Waals surface area contributed by atoms with E-state index in [1.54, 1.807) is 0 Å². The minimum Gasteiger partial charge on any atom is -0.418 e. The predicted octanol–water partition coefficient (Wildman–Crippen LogP) is 4.07. The molecule has 0 bridgehead atoms. The van der Waals surface area contributed by atoms with Gasteiger partial charge in [-0.2, -0.15) is 0 Å². The van der Waals surface area contributed by atoms with E-state index in [1.807, 2.05) is 0 Å². The van der Waals surface area contributed by atoms with Gasteiger partial charge < -0.3 is 4.43 Å². The predicted molar refractivity (Wildman–Crippen MR) is 101 cm³/mol. The van der Waals surface area contributed by atoms with Crippen molar-refractivity contribution in [3.63, 3.8) is 0 Å². The zero-order valence-electron chi connectivity index (χ0n) is 13.8. The Balaban J connectivity index is 0.00000156. The third kappa shape index (κ3) is 3.07. The quantitative estimate of drug-likeness (QED) is 0.769. The van der Waals surface area contributed by atoms with Gasteiger partial charge in [-0.25, -0.2) is 0 Å². The average Bonchev–Trinajstić information content (AvgIpc) is 3.17. The third-order valence-corrected chi connectivity index (χ3v) is 8.04. The maximum Gasteiger partial charge on any atom is 0.199 e. The maximum atomic E-state index is 6.36. The smallest absolute Gasteiger partial charge is 0.199 e. The van der Waals surface area contributed by atoms with Crippen LogP contribution in [0.5, 0.6) is 0 Å². The molecule has 0 heterocycles. The van der Waals surface area contributed by atoms with Crippen LogP contribution in [0.1, 0.15) is 40.3 Å². The maximum absolute atomic E-state index is 6.36. The molecule has 4 rings (SSSR count). The summed E-state index contributed by atoms with van der Waals surface area (Å²) in [5.41, 5.74) is 6.56. The summed E-state index contributed by atoms with van der Waals surface area (Å²) in [6, 6.07) is 17.5. The fourth-order valence-electron chi connectivity index (χ4n) is 3.75. The van der Waals surface area contributed by atoms with Gasteiger partial charge in [-0.15, -0.1) is 0 Å². The molecular formula is C20H20NaOSi. The van der Waals surface area contributed by atoms with E-state index in [0.29, 0.717) is 11.1 Å². The largest absolute Gasteiger partial charge is 0.418 e. The van der Waals surface area contributed by atoms with Crippen LogP contribution in [-0.2, 0) is 4.43 Å². The summed E-state index contributed by atoms with van der Waals surface area (Å²) < 4.78 is 6.36. The SMILES string of the molecule is CCO[SiH](C1C=Cc2ccccc21)C1C=Cc2ccccc21.[Na]. The monoisotopic (exact) mass is 327 g/mol. The molecule has 2 unspecified atom stereocenters. The zero-order chi connectivity index (χ0) is 14.9. The molecule has 0 N–H and O–H groups in total. The van der Waals surface area contributed by atoms with E-state index >= 15 is 0 Å². The topological polar surface area (TPSA) is 9.23 Å². The summed E-state index contributed by atoms with van der Waals surface area (Å²) in [6.07, 6.45) is 9.27. The Bertz CT molecular complexity index is 691. The molecule has 0 fully saturated rings. The first-order valence-electron chi connectivity index (χ1n) is 8.04. The first-order valence-corrected chi connectivity index (χ1v) is 9.85. The molecule has 2 aromatic carbocycles. The van der Waals surface area contributed by atoms with E-state index in [9.17, 15) is 0 Å². The summed E-state index contributed by atoms with van der Waals surface area (Å²) in [5.74, 6) is 0. The van der Waals surface area contributed by atoms with Gasteiger partial charge in [0.1, 0.15) is 0 Å².